The summed E-state index contributed by atoms with van der Waals surface area (Å²) in [5.74, 6) is 0.270. The van der Waals surface area contributed by atoms with Crippen molar-refractivity contribution in [2.45, 2.75) is 25.4 Å². The molecule has 0 heterocycles. The summed E-state index contributed by atoms with van der Waals surface area (Å²) in [6.07, 6.45) is 7.39. The highest BCUT2D eigenvalue weighted by Gasteiger charge is 2.19. The average molecular weight is 264 g/mol. The molecule has 3 rings (SSSR count). The van der Waals surface area contributed by atoms with Crippen LogP contribution in [0, 0.1) is 5.92 Å². The van der Waals surface area contributed by atoms with Gasteiger partial charge in [-0.1, -0.05) is 66.7 Å². The van der Waals surface area contributed by atoms with Crippen molar-refractivity contribution in [3.8, 4) is 11.1 Å². The fourth-order valence-electron chi connectivity index (χ4n) is 2.85. The molecule has 0 aromatic heterocycles. The van der Waals surface area contributed by atoms with Crippen LogP contribution in [0.25, 0.3) is 11.1 Å². The van der Waals surface area contributed by atoms with Gasteiger partial charge in [0.25, 0.3) is 0 Å². The van der Waals surface area contributed by atoms with Gasteiger partial charge in [0.15, 0.2) is 0 Å². The highest BCUT2D eigenvalue weighted by Crippen LogP contribution is 2.31. The van der Waals surface area contributed by atoms with Gasteiger partial charge in [-0.2, -0.15) is 0 Å². The van der Waals surface area contributed by atoms with E-state index in [0.29, 0.717) is 0 Å². The van der Waals surface area contributed by atoms with Crippen LogP contribution in [0.2, 0.25) is 0 Å². The molecule has 2 unspecified atom stereocenters. The Bertz CT molecular complexity index is 568. The largest absolute Gasteiger partial charge is 0.388 e. The summed E-state index contributed by atoms with van der Waals surface area (Å²) < 4.78 is 0. The molecule has 0 bridgehead atoms. The topological polar surface area (TPSA) is 20.2 Å². The molecule has 2 aromatic carbocycles. The van der Waals surface area contributed by atoms with E-state index >= 15 is 0 Å². The molecule has 2 aromatic rings. The minimum absolute atomic E-state index is 0.270. The Kier molecular flexibility index (Phi) is 3.98. The molecule has 0 spiro atoms. The van der Waals surface area contributed by atoms with Crippen molar-refractivity contribution >= 4 is 0 Å². The van der Waals surface area contributed by atoms with Gasteiger partial charge < -0.3 is 5.11 Å². The SMILES string of the molecule is OC(c1ccc(-c2ccccc2)cc1)C1C=CCCC1. The standard InChI is InChI=1S/C19H20O/c20-19(17-9-5-2-6-10-17)18-13-11-16(12-14-18)15-7-3-1-4-8-15/h1,3-5,7-9,11-14,17,19-20H,2,6,10H2. The molecule has 0 saturated carbocycles. The predicted molar refractivity (Wildman–Crippen MR) is 83.3 cm³/mol. The van der Waals surface area contributed by atoms with Crippen molar-refractivity contribution in [1.29, 1.82) is 0 Å². The van der Waals surface area contributed by atoms with E-state index in [1.165, 1.54) is 17.5 Å². The van der Waals surface area contributed by atoms with E-state index in [-0.39, 0.29) is 12.0 Å². The lowest BCUT2D eigenvalue weighted by molar-refractivity contribution is 0.123. The van der Waals surface area contributed by atoms with Gasteiger partial charge >= 0.3 is 0 Å². The van der Waals surface area contributed by atoms with Crippen LogP contribution >= 0.6 is 0 Å². The van der Waals surface area contributed by atoms with E-state index in [2.05, 4.69) is 48.6 Å². The first kappa shape index (κ1) is 13.1. The lowest BCUT2D eigenvalue weighted by Crippen LogP contribution is -2.12. The zero-order chi connectivity index (χ0) is 13.8. The Labute approximate surface area is 120 Å². The fourth-order valence-corrected chi connectivity index (χ4v) is 2.85. The Morgan fingerprint density at radius 1 is 0.900 bits per heavy atom. The Morgan fingerprint density at radius 3 is 2.25 bits per heavy atom. The smallest absolute Gasteiger partial charge is 0.0852 e. The number of aliphatic hydroxyl groups is 1. The number of rotatable bonds is 3. The van der Waals surface area contributed by atoms with Crippen molar-refractivity contribution in [1.82, 2.24) is 0 Å². The van der Waals surface area contributed by atoms with E-state index < -0.39 is 0 Å². The second kappa shape index (κ2) is 6.06. The Morgan fingerprint density at radius 2 is 1.60 bits per heavy atom. The summed E-state index contributed by atoms with van der Waals surface area (Å²) in [6.45, 7) is 0. The number of hydrogen-bond donors (Lipinski definition) is 1. The van der Waals surface area contributed by atoms with Crippen molar-refractivity contribution in [3.63, 3.8) is 0 Å². The minimum Gasteiger partial charge on any atom is -0.388 e. The van der Waals surface area contributed by atoms with E-state index in [1.54, 1.807) is 0 Å². The molecule has 1 N–H and O–H groups in total. The molecule has 1 heteroatoms. The van der Waals surface area contributed by atoms with Crippen LogP contribution in [0.5, 0.6) is 0 Å². The minimum atomic E-state index is -0.378. The summed E-state index contributed by atoms with van der Waals surface area (Å²) in [5.41, 5.74) is 3.42. The average Bonchev–Trinajstić information content (AvgIpc) is 2.56. The third-order valence-electron chi connectivity index (χ3n) is 4.06. The van der Waals surface area contributed by atoms with E-state index in [4.69, 9.17) is 0 Å². The molecular weight excluding hydrogens is 244 g/mol. The maximum Gasteiger partial charge on any atom is 0.0852 e. The summed E-state index contributed by atoms with van der Waals surface area (Å²) in [7, 11) is 0. The normalized spacial score (nSPS) is 19.8. The molecule has 0 aliphatic heterocycles. The number of hydrogen-bond acceptors (Lipinski definition) is 1. The maximum absolute atomic E-state index is 10.5. The monoisotopic (exact) mass is 264 g/mol. The first-order chi connectivity index (χ1) is 9.84. The highest BCUT2D eigenvalue weighted by atomic mass is 16.3. The van der Waals surface area contributed by atoms with Gasteiger partial charge in [-0.15, -0.1) is 0 Å². The first-order valence-corrected chi connectivity index (χ1v) is 7.35. The summed E-state index contributed by atoms with van der Waals surface area (Å²) >= 11 is 0. The van der Waals surface area contributed by atoms with Crippen LogP contribution in [0.3, 0.4) is 0 Å². The predicted octanol–water partition coefficient (Wildman–Crippen LogP) is 4.74. The van der Waals surface area contributed by atoms with Gasteiger partial charge in [0.2, 0.25) is 0 Å². The molecule has 102 valence electrons. The molecule has 0 fully saturated rings. The number of aliphatic hydroxyl groups excluding tert-OH is 1. The fraction of sp³-hybridized carbons (Fsp3) is 0.263. The van der Waals surface area contributed by atoms with E-state index in [1.807, 2.05) is 18.2 Å². The van der Waals surface area contributed by atoms with Crippen LogP contribution in [0.1, 0.15) is 30.9 Å². The molecule has 0 radical (unpaired) electrons. The van der Waals surface area contributed by atoms with E-state index in [0.717, 1.165) is 18.4 Å². The molecule has 0 amide bonds. The summed E-state index contributed by atoms with van der Waals surface area (Å²) in [4.78, 5) is 0. The quantitative estimate of drug-likeness (QED) is 0.794. The molecule has 1 nitrogen and oxygen atoms in total. The molecule has 1 aliphatic carbocycles. The molecular formula is C19H20O. The van der Waals surface area contributed by atoms with Gasteiger partial charge in [-0.3, -0.25) is 0 Å². The molecule has 20 heavy (non-hydrogen) atoms. The van der Waals surface area contributed by atoms with Gasteiger partial charge in [-0.25, -0.2) is 0 Å². The highest BCUT2D eigenvalue weighted by molar-refractivity contribution is 5.63. The maximum atomic E-state index is 10.5. The van der Waals surface area contributed by atoms with E-state index in [9.17, 15) is 5.11 Å². The van der Waals surface area contributed by atoms with Crippen molar-refractivity contribution in [2.24, 2.45) is 5.92 Å². The first-order valence-electron chi connectivity index (χ1n) is 7.35. The Balaban J connectivity index is 1.79. The molecule has 1 aliphatic rings. The summed E-state index contributed by atoms with van der Waals surface area (Å²) in [6, 6.07) is 18.6. The Hall–Kier alpha value is -1.86. The van der Waals surface area contributed by atoms with Crippen molar-refractivity contribution in [3.05, 3.63) is 72.3 Å². The zero-order valence-corrected chi connectivity index (χ0v) is 11.6. The van der Waals surface area contributed by atoms with Crippen LogP contribution in [0.15, 0.2) is 66.7 Å². The number of allylic oxidation sites excluding steroid dienone is 1. The van der Waals surface area contributed by atoms with Gasteiger partial charge in [0.1, 0.15) is 0 Å². The van der Waals surface area contributed by atoms with Crippen LogP contribution < -0.4 is 0 Å². The third kappa shape index (κ3) is 2.83. The lowest BCUT2D eigenvalue weighted by atomic mass is 9.87. The second-order valence-electron chi connectivity index (χ2n) is 5.46. The van der Waals surface area contributed by atoms with Crippen molar-refractivity contribution < 1.29 is 5.11 Å². The third-order valence-corrected chi connectivity index (χ3v) is 4.06. The van der Waals surface area contributed by atoms with Crippen molar-refractivity contribution in [2.75, 3.05) is 0 Å². The number of benzene rings is 2. The van der Waals surface area contributed by atoms with Crippen LogP contribution in [-0.4, -0.2) is 5.11 Å². The van der Waals surface area contributed by atoms with Crippen LogP contribution in [0.4, 0.5) is 0 Å². The zero-order valence-electron chi connectivity index (χ0n) is 11.6. The molecule has 2 atom stereocenters. The van der Waals surface area contributed by atoms with Crippen LogP contribution in [-0.2, 0) is 0 Å². The second-order valence-corrected chi connectivity index (χ2v) is 5.46. The van der Waals surface area contributed by atoms with Gasteiger partial charge in [0.05, 0.1) is 6.10 Å². The molecule has 0 saturated heterocycles. The lowest BCUT2D eigenvalue weighted by Gasteiger charge is -2.22. The summed E-state index contributed by atoms with van der Waals surface area (Å²) in [5, 5.41) is 10.5. The van der Waals surface area contributed by atoms with Gasteiger partial charge in [-0.05, 0) is 36.0 Å². The van der Waals surface area contributed by atoms with Gasteiger partial charge in [0, 0.05) is 5.92 Å².